The second kappa shape index (κ2) is 9.36. The molecule has 4 nitrogen and oxygen atoms in total. The lowest BCUT2D eigenvalue weighted by Gasteiger charge is -2.30. The monoisotopic (exact) mass is 361 g/mol. The highest BCUT2D eigenvalue weighted by molar-refractivity contribution is 5.17. The highest BCUT2D eigenvalue weighted by atomic mass is 16.5. The van der Waals surface area contributed by atoms with E-state index in [4.69, 9.17) is 9.84 Å². The van der Waals surface area contributed by atoms with Gasteiger partial charge in [0.2, 0.25) is 0 Å². The maximum absolute atomic E-state index is 6.19. The molecular formula is C22H39N3O. The first kappa shape index (κ1) is 19.9. The summed E-state index contributed by atoms with van der Waals surface area (Å²) in [7, 11) is 0. The topological polar surface area (TPSA) is 30.3 Å². The Hall–Kier alpha value is -0.870. The average molecular weight is 362 g/mol. The predicted octanol–water partition coefficient (Wildman–Crippen LogP) is 5.12. The van der Waals surface area contributed by atoms with Crippen molar-refractivity contribution in [3.05, 3.63) is 17.5 Å². The van der Waals surface area contributed by atoms with E-state index >= 15 is 0 Å². The van der Waals surface area contributed by atoms with Crippen LogP contribution in [0, 0.1) is 0 Å². The maximum atomic E-state index is 6.19. The number of likely N-dealkylation sites (tertiary alicyclic amines) is 1. The lowest BCUT2D eigenvalue weighted by Crippen LogP contribution is -2.27. The molecule has 148 valence electrons. The summed E-state index contributed by atoms with van der Waals surface area (Å²) in [5.41, 5.74) is 2.65. The molecule has 1 saturated carbocycles. The van der Waals surface area contributed by atoms with Crippen molar-refractivity contribution in [3.8, 4) is 0 Å². The number of hydrogen-bond acceptors (Lipinski definition) is 3. The summed E-state index contributed by atoms with van der Waals surface area (Å²) in [6.07, 6.45) is 9.20. The molecule has 4 heteroatoms. The van der Waals surface area contributed by atoms with E-state index in [1.807, 2.05) is 0 Å². The fourth-order valence-electron chi connectivity index (χ4n) is 4.44. The van der Waals surface area contributed by atoms with E-state index < -0.39 is 0 Å². The van der Waals surface area contributed by atoms with Crippen molar-refractivity contribution in [2.24, 2.45) is 0 Å². The van der Waals surface area contributed by atoms with Crippen LogP contribution in [0.1, 0.15) is 102 Å². The molecule has 1 aromatic rings. The molecule has 1 aliphatic carbocycles. The number of nitrogens with zero attached hydrogens (tertiary/aromatic N) is 3. The number of ether oxygens (including phenoxy) is 1. The summed E-state index contributed by atoms with van der Waals surface area (Å²) in [5.74, 6) is 1.04. The van der Waals surface area contributed by atoms with Crippen LogP contribution in [-0.4, -0.2) is 47.0 Å². The lowest BCUT2D eigenvalue weighted by atomic mass is 9.92. The molecule has 2 heterocycles. The molecule has 0 spiro atoms. The number of aromatic nitrogens is 2. The van der Waals surface area contributed by atoms with Gasteiger partial charge in [-0.25, -0.2) is 0 Å². The molecule has 0 atom stereocenters. The van der Waals surface area contributed by atoms with Crippen LogP contribution in [0.2, 0.25) is 0 Å². The van der Waals surface area contributed by atoms with Crippen LogP contribution >= 0.6 is 0 Å². The van der Waals surface area contributed by atoms with Crippen molar-refractivity contribution >= 4 is 0 Å². The third-order valence-electron chi connectivity index (χ3n) is 6.13. The number of rotatable bonds is 8. The molecule has 0 N–H and O–H groups in total. The van der Waals surface area contributed by atoms with Gasteiger partial charge in [-0.15, -0.1) is 0 Å². The second-order valence-corrected chi connectivity index (χ2v) is 8.95. The third-order valence-corrected chi connectivity index (χ3v) is 6.13. The van der Waals surface area contributed by atoms with Crippen molar-refractivity contribution in [1.82, 2.24) is 14.7 Å². The summed E-state index contributed by atoms with van der Waals surface area (Å²) < 4.78 is 8.54. The van der Waals surface area contributed by atoms with Crippen LogP contribution < -0.4 is 0 Å². The molecular weight excluding hydrogens is 322 g/mol. The van der Waals surface area contributed by atoms with Gasteiger partial charge in [0.05, 0.1) is 17.8 Å². The third kappa shape index (κ3) is 5.10. The van der Waals surface area contributed by atoms with Crippen LogP contribution in [0.3, 0.4) is 0 Å². The Morgan fingerprint density at radius 2 is 1.73 bits per heavy atom. The Labute approximate surface area is 160 Å². The molecule has 0 bridgehead atoms. The van der Waals surface area contributed by atoms with Crippen LogP contribution in [-0.2, 0) is 4.74 Å². The van der Waals surface area contributed by atoms with E-state index in [2.05, 4.69) is 43.3 Å². The van der Waals surface area contributed by atoms with E-state index in [1.54, 1.807) is 0 Å². The zero-order valence-corrected chi connectivity index (χ0v) is 17.4. The van der Waals surface area contributed by atoms with Crippen LogP contribution in [0.5, 0.6) is 0 Å². The van der Waals surface area contributed by atoms with Gasteiger partial charge in [0.25, 0.3) is 0 Å². The Bertz CT molecular complexity index is 538. The van der Waals surface area contributed by atoms with Crippen LogP contribution in [0.15, 0.2) is 6.07 Å². The van der Waals surface area contributed by atoms with Gasteiger partial charge in [0, 0.05) is 18.8 Å². The van der Waals surface area contributed by atoms with Crippen LogP contribution in [0.25, 0.3) is 0 Å². The quantitative estimate of drug-likeness (QED) is 0.602. The van der Waals surface area contributed by atoms with Gasteiger partial charge < -0.3 is 9.64 Å². The standard InChI is InChI=1S/C22H39N3O/c1-17(2)21-16-22(18(3)4)25(23-21)19-8-10-20(11-9-19)26-15-7-14-24-12-5-6-13-24/h16-20H,5-15H2,1-4H3. The predicted molar refractivity (Wildman–Crippen MR) is 108 cm³/mol. The molecule has 3 rings (SSSR count). The lowest BCUT2D eigenvalue weighted by molar-refractivity contribution is 0.0143. The fraction of sp³-hybridized carbons (Fsp3) is 0.864. The zero-order valence-electron chi connectivity index (χ0n) is 17.4. The summed E-state index contributed by atoms with van der Waals surface area (Å²) >= 11 is 0. The Kier molecular flexibility index (Phi) is 7.16. The van der Waals surface area contributed by atoms with E-state index in [-0.39, 0.29) is 0 Å². The second-order valence-electron chi connectivity index (χ2n) is 8.95. The SMILES string of the molecule is CC(C)c1cc(C(C)C)n(C2CCC(OCCCN3CCCC3)CC2)n1. The molecule has 0 radical (unpaired) electrons. The van der Waals surface area contributed by atoms with Gasteiger partial charge >= 0.3 is 0 Å². The Balaban J connectivity index is 1.44. The summed E-state index contributed by atoms with van der Waals surface area (Å²) in [6.45, 7) is 13.8. The van der Waals surface area contributed by atoms with E-state index in [0.29, 0.717) is 24.0 Å². The molecule has 2 aliphatic rings. The van der Waals surface area contributed by atoms with E-state index in [1.165, 1.54) is 76.0 Å². The van der Waals surface area contributed by atoms with Gasteiger partial charge in [-0.05, 0) is 75.9 Å². The molecule has 26 heavy (non-hydrogen) atoms. The molecule has 0 amide bonds. The normalized spacial score (nSPS) is 24.8. The van der Waals surface area contributed by atoms with Crippen molar-refractivity contribution < 1.29 is 4.74 Å². The Morgan fingerprint density at radius 3 is 2.35 bits per heavy atom. The highest BCUT2D eigenvalue weighted by Crippen LogP contribution is 2.33. The molecule has 0 unspecified atom stereocenters. The van der Waals surface area contributed by atoms with Gasteiger partial charge in [-0.2, -0.15) is 5.10 Å². The summed E-state index contributed by atoms with van der Waals surface area (Å²) in [4.78, 5) is 2.58. The minimum atomic E-state index is 0.465. The van der Waals surface area contributed by atoms with Crippen molar-refractivity contribution in [2.45, 2.75) is 96.6 Å². The first-order valence-electron chi connectivity index (χ1n) is 11.0. The molecule has 1 aliphatic heterocycles. The van der Waals surface area contributed by atoms with E-state index in [0.717, 1.165) is 6.61 Å². The smallest absolute Gasteiger partial charge is 0.0653 e. The fourth-order valence-corrected chi connectivity index (χ4v) is 4.44. The summed E-state index contributed by atoms with van der Waals surface area (Å²) in [6, 6.07) is 2.89. The first-order valence-corrected chi connectivity index (χ1v) is 11.0. The maximum Gasteiger partial charge on any atom is 0.0653 e. The van der Waals surface area contributed by atoms with Gasteiger partial charge in [0.1, 0.15) is 0 Å². The van der Waals surface area contributed by atoms with Crippen LogP contribution in [0.4, 0.5) is 0 Å². The molecule has 1 aromatic heterocycles. The minimum absolute atomic E-state index is 0.465. The van der Waals surface area contributed by atoms with Crippen molar-refractivity contribution in [3.63, 3.8) is 0 Å². The first-order chi connectivity index (χ1) is 12.5. The minimum Gasteiger partial charge on any atom is -0.378 e. The Morgan fingerprint density at radius 1 is 1.04 bits per heavy atom. The summed E-state index contributed by atoms with van der Waals surface area (Å²) in [5, 5.41) is 4.97. The number of hydrogen-bond donors (Lipinski definition) is 0. The highest BCUT2D eigenvalue weighted by Gasteiger charge is 2.26. The molecule has 2 fully saturated rings. The molecule has 1 saturated heterocycles. The van der Waals surface area contributed by atoms with Crippen molar-refractivity contribution in [2.75, 3.05) is 26.2 Å². The molecule has 0 aromatic carbocycles. The van der Waals surface area contributed by atoms with Gasteiger partial charge in [0.15, 0.2) is 0 Å². The van der Waals surface area contributed by atoms with Gasteiger partial charge in [-0.3, -0.25) is 4.68 Å². The largest absolute Gasteiger partial charge is 0.378 e. The van der Waals surface area contributed by atoms with Crippen molar-refractivity contribution in [1.29, 1.82) is 0 Å². The van der Waals surface area contributed by atoms with Gasteiger partial charge in [-0.1, -0.05) is 27.7 Å². The zero-order chi connectivity index (χ0) is 18.5. The average Bonchev–Trinajstić information content (AvgIpc) is 3.29. The van der Waals surface area contributed by atoms with E-state index in [9.17, 15) is 0 Å².